The highest BCUT2D eigenvalue weighted by molar-refractivity contribution is 6.31. The van der Waals surface area contributed by atoms with Gasteiger partial charge in [-0.15, -0.1) is 0 Å². The van der Waals surface area contributed by atoms with Crippen molar-refractivity contribution in [1.82, 2.24) is 10.6 Å². The molecule has 0 saturated heterocycles. The first-order chi connectivity index (χ1) is 9.78. The second kappa shape index (κ2) is 6.06. The summed E-state index contributed by atoms with van der Waals surface area (Å²) >= 11 is 6.13. The quantitative estimate of drug-likeness (QED) is 0.898. The maximum absolute atomic E-state index is 12.0. The topological polar surface area (TPSA) is 58.2 Å². The number of nitrogens with one attached hydrogen (secondary N) is 2. The van der Waals surface area contributed by atoms with E-state index in [1.54, 1.807) is 0 Å². The van der Waals surface area contributed by atoms with Gasteiger partial charge in [0.15, 0.2) is 0 Å². The molecule has 1 fully saturated rings. The van der Waals surface area contributed by atoms with Gasteiger partial charge in [0.1, 0.15) is 0 Å². The van der Waals surface area contributed by atoms with Crippen LogP contribution in [0.3, 0.4) is 0 Å². The van der Waals surface area contributed by atoms with Crippen LogP contribution in [0.2, 0.25) is 5.02 Å². The van der Waals surface area contributed by atoms with Crippen LogP contribution in [0.25, 0.3) is 0 Å². The van der Waals surface area contributed by atoms with E-state index in [0.29, 0.717) is 5.02 Å². The smallest absolute Gasteiger partial charge is 0.239 e. The van der Waals surface area contributed by atoms with Crippen molar-refractivity contribution in [3.05, 3.63) is 34.9 Å². The second-order valence-corrected chi connectivity index (χ2v) is 6.89. The third-order valence-corrected chi connectivity index (χ3v) is 3.71. The summed E-state index contributed by atoms with van der Waals surface area (Å²) in [5.74, 6) is -0.161. The van der Waals surface area contributed by atoms with Gasteiger partial charge in [0, 0.05) is 16.5 Å². The fraction of sp³-hybridized carbons (Fsp3) is 0.500. The highest BCUT2D eigenvalue weighted by Crippen LogP contribution is 2.49. The first-order valence-corrected chi connectivity index (χ1v) is 7.49. The highest BCUT2D eigenvalue weighted by Gasteiger charge is 2.44. The van der Waals surface area contributed by atoms with Crippen LogP contribution in [0.4, 0.5) is 0 Å². The molecule has 1 saturated carbocycles. The molecule has 1 aliphatic rings. The minimum Gasteiger partial charge on any atom is -0.350 e. The lowest BCUT2D eigenvalue weighted by atomic mass is 10.1. The summed E-state index contributed by atoms with van der Waals surface area (Å²) in [6, 6.07) is 7.58. The van der Waals surface area contributed by atoms with Gasteiger partial charge in [-0.25, -0.2) is 0 Å². The number of amides is 2. The Bertz CT molecular complexity index is 551. The number of carbonyl (C=O) groups is 2. The molecule has 114 valence electrons. The molecule has 0 bridgehead atoms. The van der Waals surface area contributed by atoms with E-state index in [4.69, 9.17) is 11.6 Å². The minimum absolute atomic E-state index is 0.0157. The molecule has 21 heavy (non-hydrogen) atoms. The summed E-state index contributed by atoms with van der Waals surface area (Å²) in [6.45, 7) is 5.73. The fourth-order valence-electron chi connectivity index (χ4n) is 2.37. The highest BCUT2D eigenvalue weighted by atomic mass is 35.5. The van der Waals surface area contributed by atoms with Crippen molar-refractivity contribution < 1.29 is 9.59 Å². The lowest BCUT2D eigenvalue weighted by molar-refractivity contribution is -0.127. The van der Waals surface area contributed by atoms with Crippen molar-refractivity contribution in [3.8, 4) is 0 Å². The number of benzene rings is 1. The number of carbonyl (C=O) groups excluding carboxylic acids is 2. The molecule has 0 radical (unpaired) electrons. The number of hydrogen-bond acceptors (Lipinski definition) is 2. The average Bonchev–Trinajstić information content (AvgIpc) is 3.14. The molecule has 0 heterocycles. The van der Waals surface area contributed by atoms with Gasteiger partial charge in [-0.05, 0) is 44.7 Å². The van der Waals surface area contributed by atoms with E-state index in [1.807, 2.05) is 45.0 Å². The first-order valence-electron chi connectivity index (χ1n) is 7.11. The van der Waals surface area contributed by atoms with Gasteiger partial charge in [-0.3, -0.25) is 9.59 Å². The van der Waals surface area contributed by atoms with Crippen molar-refractivity contribution in [2.75, 3.05) is 6.54 Å². The molecule has 1 aromatic rings. The molecule has 1 aliphatic carbocycles. The van der Waals surface area contributed by atoms with Crippen LogP contribution < -0.4 is 10.6 Å². The predicted molar refractivity (Wildman–Crippen MR) is 83.2 cm³/mol. The lowest BCUT2D eigenvalue weighted by Gasteiger charge is -2.20. The molecule has 0 aromatic heterocycles. The molecule has 4 nitrogen and oxygen atoms in total. The molecule has 0 aliphatic heterocycles. The second-order valence-electron chi connectivity index (χ2n) is 6.49. The van der Waals surface area contributed by atoms with Crippen molar-refractivity contribution in [3.63, 3.8) is 0 Å². The number of halogens is 1. The monoisotopic (exact) mass is 308 g/mol. The molecule has 2 rings (SSSR count). The molecular formula is C16H21ClN2O2. The summed E-state index contributed by atoms with van der Waals surface area (Å²) in [7, 11) is 0. The zero-order chi connectivity index (χ0) is 15.6. The van der Waals surface area contributed by atoms with E-state index < -0.39 is 0 Å². The Labute approximate surface area is 130 Å². The van der Waals surface area contributed by atoms with E-state index >= 15 is 0 Å². The van der Waals surface area contributed by atoms with Gasteiger partial charge in [-0.2, -0.15) is 0 Å². The Morgan fingerprint density at radius 1 is 1.29 bits per heavy atom. The molecule has 1 aromatic carbocycles. The van der Waals surface area contributed by atoms with Crippen LogP contribution in [0.5, 0.6) is 0 Å². The van der Waals surface area contributed by atoms with Gasteiger partial charge in [-0.1, -0.05) is 29.8 Å². The van der Waals surface area contributed by atoms with E-state index in [1.165, 1.54) is 0 Å². The predicted octanol–water partition coefficient (Wildman–Crippen LogP) is 2.47. The third kappa shape index (κ3) is 4.46. The largest absolute Gasteiger partial charge is 0.350 e. The zero-order valence-electron chi connectivity index (χ0n) is 12.6. The van der Waals surface area contributed by atoms with Crippen LogP contribution in [0.15, 0.2) is 24.3 Å². The van der Waals surface area contributed by atoms with Gasteiger partial charge >= 0.3 is 0 Å². The molecule has 2 unspecified atom stereocenters. The Kier molecular flexibility index (Phi) is 4.57. The van der Waals surface area contributed by atoms with Gasteiger partial charge in [0.25, 0.3) is 0 Å². The Balaban J connectivity index is 1.82. The Hall–Kier alpha value is -1.55. The van der Waals surface area contributed by atoms with E-state index in [2.05, 4.69) is 10.6 Å². The molecule has 0 spiro atoms. The van der Waals surface area contributed by atoms with E-state index in [0.717, 1.165) is 12.0 Å². The molecule has 5 heteroatoms. The van der Waals surface area contributed by atoms with Crippen LogP contribution in [-0.4, -0.2) is 23.9 Å². The summed E-state index contributed by atoms with van der Waals surface area (Å²) in [6.07, 6.45) is 0.788. The molecular weight excluding hydrogens is 288 g/mol. The van der Waals surface area contributed by atoms with Crippen LogP contribution in [0, 0.1) is 5.92 Å². The van der Waals surface area contributed by atoms with Crippen LogP contribution in [0.1, 0.15) is 38.7 Å². The third-order valence-electron chi connectivity index (χ3n) is 3.37. The number of rotatable bonds is 4. The maximum Gasteiger partial charge on any atom is 0.239 e. The summed E-state index contributed by atoms with van der Waals surface area (Å²) in [5, 5.41) is 6.20. The Morgan fingerprint density at radius 2 is 1.95 bits per heavy atom. The fourth-order valence-corrected chi connectivity index (χ4v) is 2.64. The molecule has 2 atom stereocenters. The van der Waals surface area contributed by atoms with Crippen molar-refractivity contribution >= 4 is 23.4 Å². The average molecular weight is 309 g/mol. The van der Waals surface area contributed by atoms with Crippen molar-refractivity contribution in [2.24, 2.45) is 5.92 Å². The SMILES string of the molecule is CC(C)(C)NC(=O)CNC(=O)C1CC1c1ccccc1Cl. The van der Waals surface area contributed by atoms with Crippen LogP contribution in [-0.2, 0) is 9.59 Å². The normalized spacial score (nSPS) is 20.8. The van der Waals surface area contributed by atoms with E-state index in [9.17, 15) is 9.59 Å². The number of hydrogen-bond donors (Lipinski definition) is 2. The first kappa shape index (κ1) is 15.8. The zero-order valence-corrected chi connectivity index (χ0v) is 13.3. The molecule has 2 amide bonds. The van der Waals surface area contributed by atoms with Crippen LogP contribution >= 0.6 is 11.6 Å². The van der Waals surface area contributed by atoms with Gasteiger partial charge in [0.2, 0.25) is 11.8 Å². The summed E-state index contributed by atoms with van der Waals surface area (Å²) in [5.41, 5.74) is 0.722. The lowest BCUT2D eigenvalue weighted by Crippen LogP contribution is -2.46. The molecule has 2 N–H and O–H groups in total. The van der Waals surface area contributed by atoms with Crippen molar-refractivity contribution in [2.45, 2.75) is 38.6 Å². The van der Waals surface area contributed by atoms with Crippen molar-refractivity contribution in [1.29, 1.82) is 0 Å². The Morgan fingerprint density at radius 3 is 2.57 bits per heavy atom. The summed E-state index contributed by atoms with van der Waals surface area (Å²) < 4.78 is 0. The van der Waals surface area contributed by atoms with Gasteiger partial charge in [0.05, 0.1) is 6.54 Å². The standard InChI is InChI=1S/C16H21ClN2O2/c1-16(2,3)19-14(20)9-18-15(21)12-8-11(12)10-6-4-5-7-13(10)17/h4-7,11-12H,8-9H2,1-3H3,(H,18,21)(H,19,20). The minimum atomic E-state index is -0.290. The van der Waals surface area contributed by atoms with Gasteiger partial charge < -0.3 is 10.6 Å². The maximum atomic E-state index is 12.0. The van der Waals surface area contributed by atoms with E-state index in [-0.39, 0.29) is 35.7 Å². The summed E-state index contributed by atoms with van der Waals surface area (Å²) in [4.78, 5) is 23.7.